The lowest BCUT2D eigenvalue weighted by Gasteiger charge is -2.10. The van der Waals surface area contributed by atoms with Gasteiger partial charge in [-0.25, -0.2) is 4.98 Å². The predicted molar refractivity (Wildman–Crippen MR) is 95.6 cm³/mol. The lowest BCUT2D eigenvalue weighted by molar-refractivity contribution is 1.27. The van der Waals surface area contributed by atoms with Gasteiger partial charge < -0.3 is 0 Å². The van der Waals surface area contributed by atoms with Crippen LogP contribution in [-0.4, -0.2) is 9.38 Å². The van der Waals surface area contributed by atoms with Crippen LogP contribution < -0.4 is 0 Å². The van der Waals surface area contributed by atoms with Crippen molar-refractivity contribution in [3.05, 3.63) is 85.1 Å². The standard InChI is InChI=1S/C21H14N2/c1-2-8-15(9-3-1)20-14-22-21-18-12-5-4-10-16(18)17-11-6-7-13-19(17)23(20)21/h1-14H. The summed E-state index contributed by atoms with van der Waals surface area (Å²) in [5, 5.41) is 3.69. The molecule has 0 bridgehead atoms. The number of para-hydroxylation sites is 1. The molecule has 0 saturated carbocycles. The average Bonchev–Trinajstić information content (AvgIpc) is 3.08. The van der Waals surface area contributed by atoms with Crippen molar-refractivity contribution in [2.45, 2.75) is 0 Å². The molecule has 0 spiro atoms. The quantitative estimate of drug-likeness (QED) is 0.383. The van der Waals surface area contributed by atoms with E-state index in [2.05, 4.69) is 77.2 Å². The topological polar surface area (TPSA) is 17.3 Å². The number of imidazole rings is 1. The van der Waals surface area contributed by atoms with Gasteiger partial charge in [-0.1, -0.05) is 72.8 Å². The van der Waals surface area contributed by atoms with Crippen molar-refractivity contribution in [3.8, 4) is 11.3 Å². The summed E-state index contributed by atoms with van der Waals surface area (Å²) in [4.78, 5) is 4.74. The first kappa shape index (κ1) is 12.4. The highest BCUT2D eigenvalue weighted by Gasteiger charge is 2.13. The van der Waals surface area contributed by atoms with Crippen molar-refractivity contribution in [2.24, 2.45) is 0 Å². The zero-order valence-corrected chi connectivity index (χ0v) is 12.5. The van der Waals surface area contributed by atoms with Crippen molar-refractivity contribution >= 4 is 27.3 Å². The molecule has 0 aliphatic rings. The largest absolute Gasteiger partial charge is 0.292 e. The zero-order valence-electron chi connectivity index (χ0n) is 12.5. The van der Waals surface area contributed by atoms with Gasteiger partial charge in [0.05, 0.1) is 17.4 Å². The van der Waals surface area contributed by atoms with E-state index < -0.39 is 0 Å². The number of hydrogen-bond donors (Lipinski definition) is 0. The van der Waals surface area contributed by atoms with E-state index in [4.69, 9.17) is 4.98 Å². The van der Waals surface area contributed by atoms with Gasteiger partial charge in [-0.2, -0.15) is 0 Å². The van der Waals surface area contributed by atoms with E-state index in [0.29, 0.717) is 0 Å². The molecule has 0 fully saturated rings. The van der Waals surface area contributed by atoms with E-state index in [-0.39, 0.29) is 0 Å². The molecule has 0 aliphatic heterocycles. The summed E-state index contributed by atoms with van der Waals surface area (Å²) < 4.78 is 2.27. The second-order valence-corrected chi connectivity index (χ2v) is 5.73. The van der Waals surface area contributed by atoms with Gasteiger partial charge in [0, 0.05) is 16.3 Å². The molecule has 5 aromatic rings. The van der Waals surface area contributed by atoms with E-state index in [1.165, 1.54) is 27.2 Å². The van der Waals surface area contributed by atoms with Crippen LogP contribution in [0.1, 0.15) is 0 Å². The van der Waals surface area contributed by atoms with E-state index in [1.807, 2.05) is 12.3 Å². The maximum atomic E-state index is 4.74. The van der Waals surface area contributed by atoms with Crippen LogP contribution in [0.25, 0.3) is 38.6 Å². The van der Waals surface area contributed by atoms with Crippen LogP contribution >= 0.6 is 0 Å². The minimum absolute atomic E-state index is 1.01. The number of nitrogens with zero attached hydrogens (tertiary/aromatic N) is 2. The van der Waals surface area contributed by atoms with Crippen molar-refractivity contribution in [3.63, 3.8) is 0 Å². The lowest BCUT2D eigenvalue weighted by atomic mass is 10.1. The molecule has 2 heterocycles. The molecule has 0 aliphatic carbocycles. The molecule has 2 heteroatoms. The third-order valence-corrected chi connectivity index (χ3v) is 4.43. The number of benzene rings is 3. The summed E-state index contributed by atoms with van der Waals surface area (Å²) in [6.07, 6.45) is 1.98. The van der Waals surface area contributed by atoms with Gasteiger partial charge in [-0.15, -0.1) is 0 Å². The average molecular weight is 294 g/mol. The normalized spacial score (nSPS) is 11.5. The third kappa shape index (κ3) is 1.72. The maximum Gasteiger partial charge on any atom is 0.145 e. The Kier molecular flexibility index (Phi) is 2.53. The maximum absolute atomic E-state index is 4.74. The highest BCUT2D eigenvalue weighted by molar-refractivity contribution is 6.12. The van der Waals surface area contributed by atoms with Gasteiger partial charge in [0.1, 0.15) is 5.65 Å². The molecule has 0 unspecified atom stereocenters. The number of hydrogen-bond acceptors (Lipinski definition) is 1. The van der Waals surface area contributed by atoms with E-state index >= 15 is 0 Å². The van der Waals surface area contributed by atoms with Crippen LogP contribution in [0.4, 0.5) is 0 Å². The summed E-state index contributed by atoms with van der Waals surface area (Å²) in [6, 6.07) is 27.5. The summed E-state index contributed by atoms with van der Waals surface area (Å²) in [6.45, 7) is 0. The Labute approximate surface area is 133 Å². The molecule has 23 heavy (non-hydrogen) atoms. The molecule has 108 valence electrons. The van der Waals surface area contributed by atoms with Crippen LogP contribution in [0.3, 0.4) is 0 Å². The Bertz CT molecular complexity index is 1150. The van der Waals surface area contributed by atoms with Gasteiger partial charge in [0.25, 0.3) is 0 Å². The van der Waals surface area contributed by atoms with Gasteiger partial charge in [0.2, 0.25) is 0 Å². The fourth-order valence-corrected chi connectivity index (χ4v) is 3.41. The molecule has 2 nitrogen and oxygen atoms in total. The van der Waals surface area contributed by atoms with Crippen LogP contribution in [0, 0.1) is 0 Å². The third-order valence-electron chi connectivity index (χ3n) is 4.43. The molecule has 0 amide bonds. The molecule has 5 rings (SSSR count). The Balaban J connectivity index is 2.06. The monoisotopic (exact) mass is 294 g/mol. The first-order valence-corrected chi connectivity index (χ1v) is 7.76. The summed E-state index contributed by atoms with van der Waals surface area (Å²) in [5.74, 6) is 0. The summed E-state index contributed by atoms with van der Waals surface area (Å²) >= 11 is 0. The second kappa shape index (κ2) is 4.68. The molecule has 0 saturated heterocycles. The minimum atomic E-state index is 1.01. The molecule has 3 aromatic carbocycles. The smallest absolute Gasteiger partial charge is 0.145 e. The first-order valence-electron chi connectivity index (χ1n) is 7.76. The van der Waals surface area contributed by atoms with Crippen molar-refractivity contribution < 1.29 is 0 Å². The predicted octanol–water partition coefficient (Wildman–Crippen LogP) is 5.31. The van der Waals surface area contributed by atoms with Crippen molar-refractivity contribution in [1.82, 2.24) is 9.38 Å². The molecular formula is C21H14N2. The van der Waals surface area contributed by atoms with Crippen LogP contribution in [0.2, 0.25) is 0 Å². The number of rotatable bonds is 1. The fraction of sp³-hybridized carbons (Fsp3) is 0. The highest BCUT2D eigenvalue weighted by atomic mass is 15.0. The van der Waals surface area contributed by atoms with Crippen LogP contribution in [0.5, 0.6) is 0 Å². The Hall–Kier alpha value is -3.13. The highest BCUT2D eigenvalue weighted by Crippen LogP contribution is 2.32. The minimum Gasteiger partial charge on any atom is -0.292 e. The molecule has 0 N–H and O–H groups in total. The van der Waals surface area contributed by atoms with Crippen molar-refractivity contribution in [2.75, 3.05) is 0 Å². The Morgan fingerprint density at radius 3 is 2.09 bits per heavy atom. The van der Waals surface area contributed by atoms with E-state index in [0.717, 1.165) is 11.3 Å². The number of aromatic nitrogens is 2. The van der Waals surface area contributed by atoms with Gasteiger partial charge in [-0.05, 0) is 11.5 Å². The van der Waals surface area contributed by atoms with Crippen LogP contribution in [0.15, 0.2) is 85.1 Å². The Morgan fingerprint density at radius 1 is 0.609 bits per heavy atom. The Morgan fingerprint density at radius 2 is 1.26 bits per heavy atom. The first-order chi connectivity index (χ1) is 11.4. The number of pyridine rings is 1. The molecule has 0 atom stereocenters. The lowest BCUT2D eigenvalue weighted by Crippen LogP contribution is -1.93. The summed E-state index contributed by atoms with van der Waals surface area (Å²) in [7, 11) is 0. The zero-order chi connectivity index (χ0) is 15.2. The van der Waals surface area contributed by atoms with Gasteiger partial charge >= 0.3 is 0 Å². The fourth-order valence-electron chi connectivity index (χ4n) is 3.41. The molecule has 2 aromatic heterocycles. The SMILES string of the molecule is c1ccc(-c2cnc3c4ccccc4c4ccccc4n23)cc1. The van der Waals surface area contributed by atoms with Crippen LogP contribution in [-0.2, 0) is 0 Å². The number of fused-ring (bicyclic) bond motifs is 6. The summed E-state index contributed by atoms with van der Waals surface area (Å²) in [5.41, 5.74) is 4.51. The second-order valence-electron chi connectivity index (χ2n) is 5.73. The van der Waals surface area contributed by atoms with E-state index in [1.54, 1.807) is 0 Å². The molecule has 0 radical (unpaired) electrons. The van der Waals surface area contributed by atoms with Gasteiger partial charge in [-0.3, -0.25) is 4.40 Å². The van der Waals surface area contributed by atoms with Crippen molar-refractivity contribution in [1.29, 1.82) is 0 Å². The van der Waals surface area contributed by atoms with E-state index in [9.17, 15) is 0 Å². The van der Waals surface area contributed by atoms with Gasteiger partial charge in [0.15, 0.2) is 0 Å². The molecular weight excluding hydrogens is 280 g/mol.